The van der Waals surface area contributed by atoms with E-state index in [1.165, 1.54) is 22.3 Å². The molecule has 0 spiro atoms. The van der Waals surface area contributed by atoms with Crippen molar-refractivity contribution in [2.24, 2.45) is 0 Å². The van der Waals surface area contributed by atoms with Gasteiger partial charge in [-0.3, -0.25) is 0 Å². The molecule has 3 aromatic carbocycles. The summed E-state index contributed by atoms with van der Waals surface area (Å²) in [5.41, 5.74) is 6.11. The van der Waals surface area contributed by atoms with Crippen LogP contribution in [0.25, 0.3) is 11.1 Å². The Morgan fingerprint density at radius 1 is 1.04 bits per heavy atom. The minimum absolute atomic E-state index is 0.300. The summed E-state index contributed by atoms with van der Waals surface area (Å²) >= 11 is 0. The van der Waals surface area contributed by atoms with Gasteiger partial charge in [0.15, 0.2) is 0 Å². The van der Waals surface area contributed by atoms with Gasteiger partial charge in [-0.2, -0.15) is 0 Å². The molecule has 3 heteroatoms. The van der Waals surface area contributed by atoms with E-state index in [2.05, 4.69) is 72.9 Å². The van der Waals surface area contributed by atoms with Crippen LogP contribution in [0.3, 0.4) is 0 Å². The van der Waals surface area contributed by atoms with Crippen molar-refractivity contribution < 1.29 is 9.47 Å². The summed E-state index contributed by atoms with van der Waals surface area (Å²) in [6.45, 7) is 3.78. The number of hydrogen-bond acceptors (Lipinski definition) is 3. The summed E-state index contributed by atoms with van der Waals surface area (Å²) in [5.74, 6) is 1.90. The summed E-state index contributed by atoms with van der Waals surface area (Å²) < 4.78 is 11.3. The quantitative estimate of drug-likeness (QED) is 0.660. The SMILES string of the molecule is COc1ccc(CNC(C)c2ccccc2)cc1-c1ccc2c(c1)CCO2. The highest BCUT2D eigenvalue weighted by atomic mass is 16.5. The molecule has 0 aliphatic carbocycles. The van der Waals surface area contributed by atoms with E-state index in [0.29, 0.717) is 6.04 Å². The molecule has 0 amide bonds. The highest BCUT2D eigenvalue weighted by Gasteiger charge is 2.15. The fraction of sp³-hybridized carbons (Fsp3) is 0.250. The Bertz CT molecular complexity index is 921. The van der Waals surface area contributed by atoms with Crippen molar-refractivity contribution in [2.45, 2.75) is 25.9 Å². The molecule has 27 heavy (non-hydrogen) atoms. The lowest BCUT2D eigenvalue weighted by Gasteiger charge is -2.16. The zero-order valence-electron chi connectivity index (χ0n) is 15.9. The molecule has 138 valence electrons. The van der Waals surface area contributed by atoms with Gasteiger partial charge in [-0.25, -0.2) is 0 Å². The largest absolute Gasteiger partial charge is 0.496 e. The maximum Gasteiger partial charge on any atom is 0.126 e. The van der Waals surface area contributed by atoms with E-state index >= 15 is 0 Å². The van der Waals surface area contributed by atoms with Gasteiger partial charge in [-0.05, 0) is 53.4 Å². The summed E-state index contributed by atoms with van der Waals surface area (Å²) in [4.78, 5) is 0. The smallest absolute Gasteiger partial charge is 0.126 e. The van der Waals surface area contributed by atoms with Crippen molar-refractivity contribution in [3.63, 3.8) is 0 Å². The summed E-state index contributed by atoms with van der Waals surface area (Å²) in [6, 6.07) is 23.6. The highest BCUT2D eigenvalue weighted by Crippen LogP contribution is 2.35. The van der Waals surface area contributed by atoms with Crippen LogP contribution >= 0.6 is 0 Å². The molecule has 1 unspecified atom stereocenters. The molecule has 1 atom stereocenters. The van der Waals surface area contributed by atoms with Crippen molar-refractivity contribution in [3.8, 4) is 22.6 Å². The van der Waals surface area contributed by atoms with Crippen molar-refractivity contribution in [1.82, 2.24) is 5.32 Å². The second kappa shape index (κ2) is 7.85. The molecule has 1 N–H and O–H groups in total. The standard InChI is InChI=1S/C24H25NO2/c1-17(19-6-4-3-5-7-19)25-16-18-8-10-24(26-2)22(14-18)20-9-11-23-21(15-20)12-13-27-23/h3-11,14-15,17,25H,12-13,16H2,1-2H3. The Morgan fingerprint density at radius 2 is 1.89 bits per heavy atom. The van der Waals surface area contributed by atoms with Crippen LogP contribution in [0.1, 0.15) is 29.7 Å². The van der Waals surface area contributed by atoms with E-state index in [4.69, 9.17) is 9.47 Å². The monoisotopic (exact) mass is 359 g/mol. The van der Waals surface area contributed by atoms with Crippen LogP contribution in [0.15, 0.2) is 66.7 Å². The van der Waals surface area contributed by atoms with Crippen LogP contribution in [0.4, 0.5) is 0 Å². The van der Waals surface area contributed by atoms with Gasteiger partial charge < -0.3 is 14.8 Å². The lowest BCUT2D eigenvalue weighted by Crippen LogP contribution is -2.18. The normalized spacial score (nSPS) is 13.7. The fourth-order valence-electron chi connectivity index (χ4n) is 3.58. The van der Waals surface area contributed by atoms with Crippen molar-refractivity contribution in [3.05, 3.63) is 83.4 Å². The zero-order chi connectivity index (χ0) is 18.6. The maximum absolute atomic E-state index is 5.64. The zero-order valence-corrected chi connectivity index (χ0v) is 15.9. The van der Waals surface area contributed by atoms with Crippen LogP contribution < -0.4 is 14.8 Å². The molecule has 0 radical (unpaired) electrons. The summed E-state index contributed by atoms with van der Waals surface area (Å²) in [7, 11) is 1.73. The van der Waals surface area contributed by atoms with E-state index in [0.717, 1.165) is 36.6 Å². The van der Waals surface area contributed by atoms with Crippen molar-refractivity contribution in [2.75, 3.05) is 13.7 Å². The lowest BCUT2D eigenvalue weighted by atomic mass is 9.99. The number of ether oxygens (including phenoxy) is 2. The summed E-state index contributed by atoms with van der Waals surface area (Å²) in [5, 5.41) is 3.61. The molecule has 0 fully saturated rings. The van der Waals surface area contributed by atoms with Crippen molar-refractivity contribution in [1.29, 1.82) is 0 Å². The van der Waals surface area contributed by atoms with E-state index < -0.39 is 0 Å². The molecule has 1 aliphatic heterocycles. The average Bonchev–Trinajstić information content (AvgIpc) is 3.20. The van der Waals surface area contributed by atoms with Gasteiger partial charge in [-0.1, -0.05) is 42.5 Å². The number of hydrogen-bond donors (Lipinski definition) is 1. The predicted octanol–water partition coefficient (Wildman–Crippen LogP) is 5.15. The van der Waals surface area contributed by atoms with Crippen LogP contribution in [0, 0.1) is 0 Å². The van der Waals surface area contributed by atoms with E-state index in [9.17, 15) is 0 Å². The Balaban J connectivity index is 1.56. The summed E-state index contributed by atoms with van der Waals surface area (Å²) in [6.07, 6.45) is 0.974. The molecule has 4 rings (SSSR count). The molecule has 1 aliphatic rings. The number of fused-ring (bicyclic) bond motifs is 1. The van der Waals surface area contributed by atoms with Gasteiger partial charge in [0.2, 0.25) is 0 Å². The highest BCUT2D eigenvalue weighted by molar-refractivity contribution is 5.73. The number of methoxy groups -OCH3 is 1. The first-order valence-electron chi connectivity index (χ1n) is 9.46. The number of benzene rings is 3. The van der Waals surface area contributed by atoms with Gasteiger partial charge in [0.25, 0.3) is 0 Å². The minimum atomic E-state index is 0.300. The Kier molecular flexibility index (Phi) is 5.12. The van der Waals surface area contributed by atoms with E-state index in [1.54, 1.807) is 7.11 Å². The van der Waals surface area contributed by atoms with Crippen LogP contribution in [0.5, 0.6) is 11.5 Å². The third-order valence-electron chi connectivity index (χ3n) is 5.18. The topological polar surface area (TPSA) is 30.5 Å². The molecular weight excluding hydrogens is 334 g/mol. The molecular formula is C24H25NO2. The third kappa shape index (κ3) is 3.83. The molecule has 0 bridgehead atoms. The van der Waals surface area contributed by atoms with E-state index in [1.807, 2.05) is 6.07 Å². The fourth-order valence-corrected chi connectivity index (χ4v) is 3.58. The molecule has 3 aromatic rings. The molecule has 0 saturated carbocycles. The Labute approximate surface area is 161 Å². The number of rotatable bonds is 6. The lowest BCUT2D eigenvalue weighted by molar-refractivity contribution is 0.357. The van der Waals surface area contributed by atoms with Gasteiger partial charge >= 0.3 is 0 Å². The first kappa shape index (κ1) is 17.6. The van der Waals surface area contributed by atoms with Crippen LogP contribution in [-0.4, -0.2) is 13.7 Å². The third-order valence-corrected chi connectivity index (χ3v) is 5.18. The minimum Gasteiger partial charge on any atom is -0.496 e. The van der Waals surface area contributed by atoms with Crippen LogP contribution in [-0.2, 0) is 13.0 Å². The molecule has 0 saturated heterocycles. The first-order chi connectivity index (χ1) is 13.2. The van der Waals surface area contributed by atoms with Gasteiger partial charge in [0.05, 0.1) is 13.7 Å². The second-order valence-corrected chi connectivity index (χ2v) is 6.97. The van der Waals surface area contributed by atoms with Crippen molar-refractivity contribution >= 4 is 0 Å². The Morgan fingerprint density at radius 3 is 2.70 bits per heavy atom. The van der Waals surface area contributed by atoms with E-state index in [-0.39, 0.29) is 0 Å². The molecule has 0 aromatic heterocycles. The predicted molar refractivity (Wildman–Crippen MR) is 109 cm³/mol. The average molecular weight is 359 g/mol. The maximum atomic E-state index is 5.64. The second-order valence-electron chi connectivity index (χ2n) is 6.97. The molecule has 1 heterocycles. The first-order valence-corrected chi connectivity index (χ1v) is 9.46. The number of nitrogens with one attached hydrogen (secondary N) is 1. The van der Waals surface area contributed by atoms with Gasteiger partial charge in [-0.15, -0.1) is 0 Å². The Hall–Kier alpha value is -2.78. The van der Waals surface area contributed by atoms with Gasteiger partial charge in [0.1, 0.15) is 11.5 Å². The molecule has 3 nitrogen and oxygen atoms in total. The van der Waals surface area contributed by atoms with Crippen LogP contribution in [0.2, 0.25) is 0 Å². The van der Waals surface area contributed by atoms with Gasteiger partial charge in [0, 0.05) is 24.6 Å².